The normalized spacial score (nSPS) is 11.3. The molecule has 0 bridgehead atoms. The van der Waals surface area contributed by atoms with Crippen molar-refractivity contribution in [1.29, 1.82) is 0 Å². The van der Waals surface area contributed by atoms with Crippen LogP contribution in [0.1, 0.15) is 10.4 Å². The number of amides is 1. The van der Waals surface area contributed by atoms with Gasteiger partial charge in [-0.05, 0) is 42.5 Å². The molecular formula is C29H18FN7OS. The number of hydrogen-bond acceptors (Lipinski definition) is 6. The molecule has 10 heteroatoms. The molecule has 8 nitrogen and oxygen atoms in total. The second kappa shape index (κ2) is 9.26. The van der Waals surface area contributed by atoms with Gasteiger partial charge in [0.2, 0.25) is 0 Å². The van der Waals surface area contributed by atoms with Crippen LogP contribution < -0.4 is 5.32 Å². The summed E-state index contributed by atoms with van der Waals surface area (Å²) in [5.74, 6) is -0.210. The molecule has 6 heterocycles. The highest BCUT2D eigenvalue weighted by Gasteiger charge is 2.16. The lowest BCUT2D eigenvalue weighted by Gasteiger charge is -2.07. The van der Waals surface area contributed by atoms with E-state index in [2.05, 4.69) is 35.5 Å². The number of halogens is 1. The maximum Gasteiger partial charge on any atom is 0.255 e. The minimum Gasteiger partial charge on any atom is -0.352 e. The van der Waals surface area contributed by atoms with Gasteiger partial charge in [-0.15, -0.1) is 11.3 Å². The maximum atomic E-state index is 13.7. The molecule has 0 fully saturated rings. The van der Waals surface area contributed by atoms with Crippen LogP contribution in [0.2, 0.25) is 0 Å². The minimum absolute atomic E-state index is 0.210. The zero-order valence-electron chi connectivity index (χ0n) is 20.1. The number of carbonyl (C=O) groups is 1. The predicted molar refractivity (Wildman–Crippen MR) is 150 cm³/mol. The monoisotopic (exact) mass is 531 g/mol. The molecule has 7 rings (SSSR count). The smallest absolute Gasteiger partial charge is 0.255 e. The highest BCUT2D eigenvalue weighted by atomic mass is 32.1. The second-order valence-electron chi connectivity index (χ2n) is 8.91. The first-order valence-electron chi connectivity index (χ1n) is 12.0. The van der Waals surface area contributed by atoms with E-state index in [9.17, 15) is 9.18 Å². The molecule has 1 amide bonds. The Labute approximate surface area is 224 Å². The summed E-state index contributed by atoms with van der Waals surface area (Å²) in [6.45, 7) is 0. The van der Waals surface area contributed by atoms with Gasteiger partial charge in [0, 0.05) is 56.5 Å². The van der Waals surface area contributed by atoms with Crippen molar-refractivity contribution in [3.05, 3.63) is 102 Å². The van der Waals surface area contributed by atoms with Gasteiger partial charge in [0.15, 0.2) is 10.8 Å². The van der Waals surface area contributed by atoms with Crippen LogP contribution in [-0.4, -0.2) is 36.0 Å². The van der Waals surface area contributed by atoms with E-state index in [1.807, 2.05) is 36.4 Å². The molecule has 39 heavy (non-hydrogen) atoms. The van der Waals surface area contributed by atoms with Crippen LogP contribution in [0.5, 0.6) is 0 Å². The number of aromatic amines is 2. The molecule has 188 valence electrons. The fourth-order valence-corrected chi connectivity index (χ4v) is 5.31. The summed E-state index contributed by atoms with van der Waals surface area (Å²) in [6.07, 6.45) is 8.55. The molecule has 0 aliphatic heterocycles. The topological polar surface area (TPSA) is 112 Å². The number of nitrogens with one attached hydrogen (secondary N) is 3. The van der Waals surface area contributed by atoms with E-state index in [1.54, 1.807) is 49.2 Å². The summed E-state index contributed by atoms with van der Waals surface area (Å²) in [5.41, 5.74) is 6.54. The molecule has 0 unspecified atom stereocenters. The zero-order chi connectivity index (χ0) is 26.3. The average Bonchev–Trinajstić information content (AvgIpc) is 3.71. The van der Waals surface area contributed by atoms with E-state index < -0.39 is 0 Å². The molecule has 7 aromatic rings. The third-order valence-corrected chi connectivity index (χ3v) is 7.33. The first kappa shape index (κ1) is 22.9. The fraction of sp³-hybridized carbons (Fsp3) is 0. The van der Waals surface area contributed by atoms with Crippen LogP contribution in [0.4, 0.5) is 10.1 Å². The Balaban J connectivity index is 1.25. The highest BCUT2D eigenvalue weighted by Crippen LogP contribution is 2.36. The van der Waals surface area contributed by atoms with Crippen LogP contribution in [0.3, 0.4) is 0 Å². The van der Waals surface area contributed by atoms with Crippen molar-refractivity contribution in [2.75, 3.05) is 5.32 Å². The van der Waals surface area contributed by atoms with Crippen molar-refractivity contribution in [3.8, 4) is 33.0 Å². The predicted octanol–water partition coefficient (Wildman–Crippen LogP) is 6.68. The molecule has 1 aromatic carbocycles. The van der Waals surface area contributed by atoms with E-state index in [4.69, 9.17) is 0 Å². The number of hydrogen-bond donors (Lipinski definition) is 3. The lowest BCUT2D eigenvalue weighted by atomic mass is 10.1. The van der Waals surface area contributed by atoms with Crippen LogP contribution in [0, 0.1) is 5.13 Å². The van der Waals surface area contributed by atoms with Gasteiger partial charge in [0.25, 0.3) is 5.91 Å². The van der Waals surface area contributed by atoms with Crippen LogP contribution >= 0.6 is 11.3 Å². The molecule has 0 saturated carbocycles. The summed E-state index contributed by atoms with van der Waals surface area (Å²) >= 11 is 1.08. The molecule has 0 aliphatic carbocycles. The van der Waals surface area contributed by atoms with Crippen molar-refractivity contribution in [2.24, 2.45) is 0 Å². The summed E-state index contributed by atoms with van der Waals surface area (Å²) < 4.78 is 13.7. The number of carbonyl (C=O) groups excluding carboxylic acids is 1. The Kier molecular flexibility index (Phi) is 5.45. The third-order valence-electron chi connectivity index (χ3n) is 6.42. The molecule has 0 atom stereocenters. The Hall–Kier alpha value is -5.22. The molecular weight excluding hydrogens is 513 g/mol. The van der Waals surface area contributed by atoms with Gasteiger partial charge in [-0.1, -0.05) is 18.2 Å². The number of rotatable bonds is 5. The number of thiophene rings is 1. The largest absolute Gasteiger partial charge is 0.352 e. The quantitative estimate of drug-likeness (QED) is 0.229. The maximum absolute atomic E-state index is 13.7. The molecule has 0 saturated heterocycles. The van der Waals surface area contributed by atoms with Crippen LogP contribution in [0.15, 0.2) is 91.6 Å². The Morgan fingerprint density at radius 3 is 2.56 bits per heavy atom. The van der Waals surface area contributed by atoms with E-state index in [0.29, 0.717) is 22.6 Å². The molecule has 0 radical (unpaired) electrons. The molecule has 6 aromatic heterocycles. The average molecular weight is 532 g/mol. The number of benzene rings is 1. The van der Waals surface area contributed by atoms with Crippen LogP contribution in [-0.2, 0) is 0 Å². The van der Waals surface area contributed by atoms with E-state index in [1.165, 1.54) is 6.07 Å². The van der Waals surface area contributed by atoms with Gasteiger partial charge >= 0.3 is 0 Å². The van der Waals surface area contributed by atoms with Gasteiger partial charge in [-0.25, -0.2) is 4.98 Å². The molecule has 3 N–H and O–H groups in total. The van der Waals surface area contributed by atoms with Crippen LogP contribution in [0.25, 0.3) is 54.9 Å². The second-order valence-corrected chi connectivity index (χ2v) is 9.94. The van der Waals surface area contributed by atoms with Crippen molar-refractivity contribution in [2.45, 2.75) is 0 Å². The number of nitrogens with zero attached hydrogens (tertiary/aromatic N) is 4. The van der Waals surface area contributed by atoms with Crippen molar-refractivity contribution >= 4 is 44.9 Å². The summed E-state index contributed by atoms with van der Waals surface area (Å²) in [7, 11) is 0. The Morgan fingerprint density at radius 2 is 1.72 bits per heavy atom. The first-order valence-corrected chi connectivity index (χ1v) is 12.8. The summed E-state index contributed by atoms with van der Waals surface area (Å²) in [6, 6.07) is 18.1. The molecule has 0 aliphatic rings. The Bertz CT molecular complexity index is 1990. The minimum atomic E-state index is -0.243. The van der Waals surface area contributed by atoms with Gasteiger partial charge in [-0.3, -0.25) is 19.9 Å². The number of fused-ring (bicyclic) bond motifs is 2. The Morgan fingerprint density at radius 1 is 0.872 bits per heavy atom. The first-order chi connectivity index (χ1) is 19.1. The number of aromatic nitrogens is 6. The SMILES string of the molecule is O=C(Nc1cncc(-c2cnc3[nH]nc(-c4cc5c(-c6ccc(F)s6)cncc5[nH]4)c3c2)c1)c1ccccc1. The number of H-pyrrole nitrogens is 2. The zero-order valence-corrected chi connectivity index (χ0v) is 21.0. The van der Waals surface area contributed by atoms with Crippen molar-refractivity contribution < 1.29 is 9.18 Å². The lowest BCUT2D eigenvalue weighted by Crippen LogP contribution is -2.11. The summed E-state index contributed by atoms with van der Waals surface area (Å²) in [5, 5.41) is 11.9. The van der Waals surface area contributed by atoms with E-state index in [-0.39, 0.29) is 11.0 Å². The third kappa shape index (κ3) is 4.22. The van der Waals surface area contributed by atoms with Crippen molar-refractivity contribution in [1.82, 2.24) is 30.1 Å². The fourth-order valence-electron chi connectivity index (χ4n) is 4.56. The van der Waals surface area contributed by atoms with Gasteiger partial charge in [0.05, 0.1) is 29.3 Å². The highest BCUT2D eigenvalue weighted by molar-refractivity contribution is 7.14. The van der Waals surface area contributed by atoms with E-state index >= 15 is 0 Å². The van der Waals surface area contributed by atoms with Gasteiger partial charge in [-0.2, -0.15) is 9.49 Å². The van der Waals surface area contributed by atoms with E-state index in [0.717, 1.165) is 54.9 Å². The standard InChI is InChI=1S/C29H18FN7OS/c30-26-7-6-25(39-26)22-14-32-15-24-20(22)10-23(35-24)27-21-9-18(12-33-28(21)37-36-27)17-8-19(13-31-11-17)34-29(38)16-4-2-1-3-5-16/h1-15,35H,(H,34,38)(H,33,36,37). The molecule has 0 spiro atoms. The summed E-state index contributed by atoms with van der Waals surface area (Å²) in [4.78, 5) is 30.0. The van der Waals surface area contributed by atoms with Crippen molar-refractivity contribution in [3.63, 3.8) is 0 Å². The van der Waals surface area contributed by atoms with Gasteiger partial charge in [0.1, 0.15) is 5.69 Å². The van der Waals surface area contributed by atoms with Gasteiger partial charge < -0.3 is 10.3 Å². The number of pyridine rings is 3. The number of anilines is 1. The lowest BCUT2D eigenvalue weighted by molar-refractivity contribution is 0.102.